The number of amides is 1. The van der Waals surface area contributed by atoms with E-state index in [2.05, 4.69) is 6.92 Å². The van der Waals surface area contributed by atoms with Crippen LogP contribution in [0.15, 0.2) is 30.3 Å². The molecule has 7 heteroatoms. The second-order valence-corrected chi connectivity index (χ2v) is 8.61. The van der Waals surface area contributed by atoms with E-state index in [1.54, 1.807) is 6.07 Å². The van der Waals surface area contributed by atoms with Gasteiger partial charge in [-0.1, -0.05) is 19.1 Å². The molecule has 172 valence electrons. The Hall–Kier alpha value is -2.93. The number of nitrogens with two attached hydrogens (primary N) is 1. The molecule has 0 spiro atoms. The van der Waals surface area contributed by atoms with Crippen molar-refractivity contribution in [1.82, 2.24) is 4.90 Å². The summed E-state index contributed by atoms with van der Waals surface area (Å²) in [7, 11) is 4.59. The quantitative estimate of drug-likeness (QED) is 0.637. The van der Waals surface area contributed by atoms with Crippen molar-refractivity contribution in [2.75, 3.05) is 41.0 Å². The summed E-state index contributed by atoms with van der Waals surface area (Å²) in [5.74, 6) is 2.62. The number of piperidine rings is 1. The number of hydrogen-bond donors (Lipinski definition) is 1. The van der Waals surface area contributed by atoms with Crippen LogP contribution >= 0.6 is 0 Å². The summed E-state index contributed by atoms with van der Waals surface area (Å²) < 4.78 is 22.9. The van der Waals surface area contributed by atoms with Crippen LogP contribution in [0.1, 0.15) is 35.7 Å². The van der Waals surface area contributed by atoms with Gasteiger partial charge in [0.2, 0.25) is 11.5 Å². The number of ether oxygens (including phenoxy) is 4. The molecule has 1 aliphatic carbocycles. The maximum Gasteiger partial charge on any atom is 0.257 e. The lowest BCUT2D eigenvalue weighted by atomic mass is 10.0. The number of fused-ring (bicyclic) bond motifs is 1. The molecule has 2 N–H and O–H groups in total. The maximum atomic E-state index is 13.5. The Bertz CT molecular complexity index is 987. The lowest BCUT2D eigenvalue weighted by Gasteiger charge is -2.24. The number of nitrogens with zero attached hydrogens (tertiary/aromatic N) is 1. The van der Waals surface area contributed by atoms with Crippen molar-refractivity contribution < 1.29 is 23.7 Å². The Labute approximate surface area is 189 Å². The van der Waals surface area contributed by atoms with Crippen LogP contribution in [0.3, 0.4) is 0 Å². The SMILES string of the molecule is CC[C@]12C[C@H]1CN(C(=O)c1cc(Oc3ccc(CCN)cc3)c(OC)c(OC)c1OC)C2. The maximum absolute atomic E-state index is 13.5. The first-order chi connectivity index (χ1) is 15.5. The number of rotatable bonds is 9. The van der Waals surface area contributed by atoms with Gasteiger partial charge in [-0.3, -0.25) is 4.79 Å². The van der Waals surface area contributed by atoms with Crippen molar-refractivity contribution in [3.63, 3.8) is 0 Å². The fourth-order valence-corrected chi connectivity index (χ4v) is 4.90. The Morgan fingerprint density at radius 2 is 1.78 bits per heavy atom. The molecule has 7 nitrogen and oxygen atoms in total. The van der Waals surface area contributed by atoms with E-state index in [-0.39, 0.29) is 5.91 Å². The lowest BCUT2D eigenvalue weighted by Crippen LogP contribution is -2.32. The minimum Gasteiger partial charge on any atom is -0.492 e. The van der Waals surface area contributed by atoms with Crippen molar-refractivity contribution in [3.8, 4) is 28.7 Å². The van der Waals surface area contributed by atoms with E-state index < -0.39 is 0 Å². The zero-order chi connectivity index (χ0) is 22.9. The van der Waals surface area contributed by atoms with Gasteiger partial charge in [-0.15, -0.1) is 0 Å². The average Bonchev–Trinajstić information content (AvgIpc) is 3.38. The highest BCUT2D eigenvalue weighted by Gasteiger charge is 2.59. The lowest BCUT2D eigenvalue weighted by molar-refractivity contribution is 0.0759. The molecule has 0 aromatic heterocycles. The summed E-state index contributed by atoms with van der Waals surface area (Å²) in [6.45, 7) is 4.35. The molecule has 2 atom stereocenters. The third-order valence-electron chi connectivity index (χ3n) is 6.88. The highest BCUT2D eigenvalue weighted by molar-refractivity contribution is 5.99. The minimum absolute atomic E-state index is 0.0778. The van der Waals surface area contributed by atoms with Crippen LogP contribution in [0, 0.1) is 11.3 Å². The molecule has 32 heavy (non-hydrogen) atoms. The molecule has 4 rings (SSSR count). The minimum atomic E-state index is -0.0778. The van der Waals surface area contributed by atoms with Crippen molar-refractivity contribution in [3.05, 3.63) is 41.5 Å². The van der Waals surface area contributed by atoms with Gasteiger partial charge in [0, 0.05) is 19.2 Å². The summed E-state index contributed by atoms with van der Waals surface area (Å²) >= 11 is 0. The number of carbonyl (C=O) groups excluding carboxylic acids is 1. The Kier molecular flexibility index (Phi) is 6.20. The molecule has 2 aromatic carbocycles. The molecule has 2 fully saturated rings. The Balaban J connectivity index is 1.69. The fourth-order valence-electron chi connectivity index (χ4n) is 4.90. The van der Waals surface area contributed by atoms with Crippen LogP contribution in [0.2, 0.25) is 0 Å². The van der Waals surface area contributed by atoms with Gasteiger partial charge in [0.05, 0.1) is 26.9 Å². The van der Waals surface area contributed by atoms with Crippen molar-refractivity contribution in [2.24, 2.45) is 17.1 Å². The third kappa shape index (κ3) is 3.86. The van der Waals surface area contributed by atoms with Crippen LogP contribution in [-0.2, 0) is 6.42 Å². The summed E-state index contributed by atoms with van der Waals surface area (Å²) in [5, 5.41) is 0. The number of likely N-dealkylation sites (tertiary alicyclic amines) is 1. The van der Waals surface area contributed by atoms with Crippen LogP contribution in [-0.4, -0.2) is 51.8 Å². The van der Waals surface area contributed by atoms with E-state index in [9.17, 15) is 4.79 Å². The van der Waals surface area contributed by atoms with E-state index in [4.69, 9.17) is 24.7 Å². The van der Waals surface area contributed by atoms with E-state index in [0.29, 0.717) is 52.2 Å². The van der Waals surface area contributed by atoms with Crippen LogP contribution in [0.4, 0.5) is 0 Å². The van der Waals surface area contributed by atoms with Gasteiger partial charge >= 0.3 is 0 Å². The van der Waals surface area contributed by atoms with Crippen molar-refractivity contribution >= 4 is 5.91 Å². The highest BCUT2D eigenvalue weighted by atomic mass is 16.5. The monoisotopic (exact) mass is 440 g/mol. The zero-order valence-corrected chi connectivity index (χ0v) is 19.3. The predicted octanol–water partition coefficient (Wildman–Crippen LogP) is 3.88. The third-order valence-corrected chi connectivity index (χ3v) is 6.88. The summed E-state index contributed by atoms with van der Waals surface area (Å²) in [6.07, 6.45) is 3.11. The number of methoxy groups -OCH3 is 3. The highest BCUT2D eigenvalue weighted by Crippen LogP contribution is 2.60. The summed E-state index contributed by atoms with van der Waals surface area (Å²) in [5.41, 5.74) is 7.47. The summed E-state index contributed by atoms with van der Waals surface area (Å²) in [4.78, 5) is 15.4. The zero-order valence-electron chi connectivity index (χ0n) is 19.3. The molecule has 1 saturated heterocycles. The molecule has 1 saturated carbocycles. The molecule has 1 amide bonds. The van der Waals surface area contributed by atoms with Crippen LogP contribution in [0.5, 0.6) is 28.7 Å². The van der Waals surface area contributed by atoms with Crippen molar-refractivity contribution in [2.45, 2.75) is 26.2 Å². The topological polar surface area (TPSA) is 83.3 Å². The number of hydrogen-bond acceptors (Lipinski definition) is 6. The van der Waals surface area contributed by atoms with Gasteiger partial charge < -0.3 is 29.6 Å². The van der Waals surface area contributed by atoms with Gasteiger partial charge in [-0.2, -0.15) is 0 Å². The van der Waals surface area contributed by atoms with Crippen molar-refractivity contribution in [1.29, 1.82) is 0 Å². The second-order valence-electron chi connectivity index (χ2n) is 8.61. The normalized spacial score (nSPS) is 21.2. The number of benzene rings is 2. The van der Waals surface area contributed by atoms with Gasteiger partial charge in [0.15, 0.2) is 11.5 Å². The van der Waals surface area contributed by atoms with E-state index in [0.717, 1.165) is 31.5 Å². The predicted molar refractivity (Wildman–Crippen MR) is 122 cm³/mol. The van der Waals surface area contributed by atoms with Crippen LogP contribution < -0.4 is 24.7 Å². The molecule has 1 aliphatic heterocycles. The first-order valence-electron chi connectivity index (χ1n) is 11.1. The fraction of sp³-hybridized carbons (Fsp3) is 0.480. The Morgan fingerprint density at radius 3 is 2.34 bits per heavy atom. The molecule has 2 aromatic rings. The first kappa shape index (κ1) is 22.3. The molecule has 0 unspecified atom stereocenters. The first-order valence-corrected chi connectivity index (χ1v) is 11.1. The molecular weight excluding hydrogens is 408 g/mol. The molecular formula is C25H32N2O5. The van der Waals surface area contributed by atoms with Gasteiger partial charge in [-0.25, -0.2) is 0 Å². The number of carbonyl (C=O) groups is 1. The second kappa shape index (κ2) is 8.90. The van der Waals surface area contributed by atoms with E-state index >= 15 is 0 Å². The molecule has 0 bridgehead atoms. The van der Waals surface area contributed by atoms with Gasteiger partial charge in [0.25, 0.3) is 5.91 Å². The Morgan fingerprint density at radius 1 is 1.09 bits per heavy atom. The van der Waals surface area contributed by atoms with Crippen LogP contribution in [0.25, 0.3) is 0 Å². The van der Waals surface area contributed by atoms with Gasteiger partial charge in [0.1, 0.15) is 5.75 Å². The van der Waals surface area contributed by atoms with E-state index in [1.165, 1.54) is 27.8 Å². The molecule has 2 aliphatic rings. The standard InChI is InChI=1S/C25H32N2O5/c1-5-25-13-17(25)14-27(15-25)24(28)19-12-20(22(30-3)23(31-4)21(19)29-2)32-18-8-6-16(7-9-18)10-11-26/h6-9,12,17H,5,10-11,13-15,26H2,1-4H3/t17-,25+/m0/s1. The largest absolute Gasteiger partial charge is 0.492 e. The summed E-state index contributed by atoms with van der Waals surface area (Å²) in [6, 6.07) is 9.40. The van der Waals surface area contributed by atoms with Gasteiger partial charge in [-0.05, 0) is 54.8 Å². The average molecular weight is 441 g/mol. The molecule has 0 radical (unpaired) electrons. The van der Waals surface area contributed by atoms with E-state index in [1.807, 2.05) is 29.2 Å². The smallest absolute Gasteiger partial charge is 0.257 e. The molecule has 1 heterocycles.